The summed E-state index contributed by atoms with van der Waals surface area (Å²) in [4.78, 5) is 35.6. The van der Waals surface area contributed by atoms with Crippen LogP contribution in [0.1, 0.15) is 30.6 Å². The van der Waals surface area contributed by atoms with Gasteiger partial charge in [-0.1, -0.05) is 5.21 Å². The third kappa shape index (κ3) is 3.29. The van der Waals surface area contributed by atoms with Gasteiger partial charge >= 0.3 is 11.9 Å². The van der Waals surface area contributed by atoms with Crippen LogP contribution in [0.5, 0.6) is 0 Å². The van der Waals surface area contributed by atoms with Crippen LogP contribution < -0.4 is 5.56 Å². The van der Waals surface area contributed by atoms with Crippen molar-refractivity contribution in [3.63, 3.8) is 0 Å². The smallest absolute Gasteiger partial charge is 0.361 e. The molecule has 1 saturated heterocycles. The van der Waals surface area contributed by atoms with Gasteiger partial charge in [0.1, 0.15) is 6.61 Å². The second-order valence-electron chi connectivity index (χ2n) is 5.48. The maximum Gasteiger partial charge on any atom is 0.361 e. The Kier molecular flexibility index (Phi) is 4.98. The fourth-order valence-corrected chi connectivity index (χ4v) is 2.51. The van der Waals surface area contributed by atoms with Crippen molar-refractivity contribution in [2.24, 2.45) is 7.05 Å². The molecule has 2 aromatic rings. The second-order valence-corrected chi connectivity index (χ2v) is 5.48. The molecule has 0 saturated carbocycles. The minimum Gasteiger partial charge on any atom is -0.463 e. The molecule has 0 spiro atoms. The molecule has 0 N–H and O–H groups in total. The van der Waals surface area contributed by atoms with Crippen molar-refractivity contribution in [3.8, 4) is 0 Å². The van der Waals surface area contributed by atoms with E-state index in [1.165, 1.54) is 18.7 Å². The zero-order valence-corrected chi connectivity index (χ0v) is 14.4. The SMILES string of the molecule is CCOC(=O)c1nn(C)c2c(=O)n(C3[CH][CH]C(COC(C)=O)O3)nnc12. The second kappa shape index (κ2) is 7.20. The fourth-order valence-electron chi connectivity index (χ4n) is 2.51. The molecule has 3 heterocycles. The Bertz CT molecular complexity index is 904. The van der Waals surface area contributed by atoms with E-state index >= 15 is 0 Å². The highest BCUT2D eigenvalue weighted by Gasteiger charge is 2.31. The molecule has 11 heteroatoms. The Morgan fingerprint density at radius 2 is 2.08 bits per heavy atom. The number of hydrogen-bond donors (Lipinski definition) is 0. The Hall–Kier alpha value is -2.82. The highest BCUT2D eigenvalue weighted by atomic mass is 16.6. The Morgan fingerprint density at radius 1 is 1.31 bits per heavy atom. The Balaban J connectivity index is 1.89. The zero-order chi connectivity index (χ0) is 18.8. The van der Waals surface area contributed by atoms with Crippen LogP contribution in [0.4, 0.5) is 0 Å². The van der Waals surface area contributed by atoms with E-state index in [0.29, 0.717) is 0 Å². The molecule has 1 aliphatic heterocycles. The first-order valence-electron chi connectivity index (χ1n) is 7.88. The highest BCUT2D eigenvalue weighted by molar-refractivity contribution is 5.99. The minimum absolute atomic E-state index is 0.0332. The number of hydrogen-bond acceptors (Lipinski definition) is 9. The molecule has 1 fully saturated rings. The molecule has 0 aromatic carbocycles. The molecule has 2 aromatic heterocycles. The van der Waals surface area contributed by atoms with Crippen molar-refractivity contribution in [2.45, 2.75) is 26.2 Å². The van der Waals surface area contributed by atoms with Crippen molar-refractivity contribution < 1.29 is 23.8 Å². The summed E-state index contributed by atoms with van der Waals surface area (Å²) in [7, 11) is 1.52. The molecule has 11 nitrogen and oxygen atoms in total. The first kappa shape index (κ1) is 18.0. The van der Waals surface area contributed by atoms with E-state index in [1.807, 2.05) is 0 Å². The fraction of sp³-hybridized carbons (Fsp3) is 0.467. The zero-order valence-electron chi connectivity index (χ0n) is 14.4. The van der Waals surface area contributed by atoms with Gasteiger partial charge in [-0.25, -0.2) is 4.79 Å². The number of carbonyl (C=O) groups excluding carboxylic acids is 2. The summed E-state index contributed by atoms with van der Waals surface area (Å²) < 4.78 is 17.7. The van der Waals surface area contributed by atoms with Gasteiger partial charge in [0, 0.05) is 26.8 Å². The van der Waals surface area contributed by atoms with Crippen molar-refractivity contribution in [1.82, 2.24) is 24.8 Å². The molecule has 2 radical (unpaired) electrons. The average Bonchev–Trinajstić information content (AvgIpc) is 3.19. The van der Waals surface area contributed by atoms with E-state index in [4.69, 9.17) is 14.2 Å². The molecule has 138 valence electrons. The van der Waals surface area contributed by atoms with E-state index in [1.54, 1.807) is 19.8 Å². The third-order valence-electron chi connectivity index (χ3n) is 3.64. The van der Waals surface area contributed by atoms with Gasteiger partial charge in [0.2, 0.25) is 0 Å². The van der Waals surface area contributed by atoms with Crippen molar-refractivity contribution in [2.75, 3.05) is 13.2 Å². The van der Waals surface area contributed by atoms with Crippen LogP contribution >= 0.6 is 0 Å². The van der Waals surface area contributed by atoms with Gasteiger partial charge in [-0.2, -0.15) is 9.78 Å². The number of aromatic nitrogens is 5. The van der Waals surface area contributed by atoms with Crippen LogP contribution in [0, 0.1) is 12.8 Å². The maximum absolute atomic E-state index is 12.8. The summed E-state index contributed by atoms with van der Waals surface area (Å²) >= 11 is 0. The topological polar surface area (TPSA) is 127 Å². The van der Waals surface area contributed by atoms with Crippen molar-refractivity contribution in [1.29, 1.82) is 0 Å². The number of esters is 2. The van der Waals surface area contributed by atoms with E-state index < -0.39 is 29.8 Å². The summed E-state index contributed by atoms with van der Waals surface area (Å²) in [6.07, 6.45) is 1.98. The first-order chi connectivity index (χ1) is 12.4. The summed E-state index contributed by atoms with van der Waals surface area (Å²) in [5.74, 6) is -1.10. The van der Waals surface area contributed by atoms with Crippen molar-refractivity contribution in [3.05, 3.63) is 28.9 Å². The molecule has 0 amide bonds. The van der Waals surface area contributed by atoms with E-state index in [0.717, 1.165) is 4.68 Å². The van der Waals surface area contributed by atoms with Crippen LogP contribution in [-0.2, 0) is 26.1 Å². The lowest BCUT2D eigenvalue weighted by atomic mass is 10.2. The number of fused-ring (bicyclic) bond motifs is 1. The number of carbonyl (C=O) groups is 2. The standard InChI is InChI=1S/C15H17N5O6/c1-4-24-15(23)12-11-13(19(3)17-12)14(22)20(18-16-11)10-6-5-9(26-10)7-25-8(2)21/h5-6,9-10H,4,7H2,1-3H3. The summed E-state index contributed by atoms with van der Waals surface area (Å²) in [6.45, 7) is 3.17. The highest BCUT2D eigenvalue weighted by Crippen LogP contribution is 2.25. The van der Waals surface area contributed by atoms with E-state index in [2.05, 4.69) is 15.4 Å². The number of rotatable bonds is 5. The normalized spacial score (nSPS) is 19.7. The monoisotopic (exact) mass is 363 g/mol. The van der Waals surface area contributed by atoms with Gasteiger partial charge in [-0.05, 0) is 6.92 Å². The van der Waals surface area contributed by atoms with E-state index in [-0.39, 0.29) is 29.9 Å². The third-order valence-corrected chi connectivity index (χ3v) is 3.64. The molecule has 2 atom stereocenters. The first-order valence-corrected chi connectivity index (χ1v) is 7.88. The molecule has 2 unspecified atom stereocenters. The van der Waals surface area contributed by atoms with Gasteiger partial charge in [-0.3, -0.25) is 14.3 Å². The summed E-state index contributed by atoms with van der Waals surface area (Å²) in [5.41, 5.74) is -0.436. The molecule has 1 aliphatic rings. The lowest BCUT2D eigenvalue weighted by Gasteiger charge is -2.14. The predicted molar refractivity (Wildman–Crippen MR) is 85.7 cm³/mol. The molecule has 0 aliphatic carbocycles. The molecule has 0 bridgehead atoms. The molecular weight excluding hydrogens is 346 g/mol. The quantitative estimate of drug-likeness (QED) is 0.650. The van der Waals surface area contributed by atoms with Gasteiger partial charge in [-0.15, -0.1) is 5.10 Å². The van der Waals surface area contributed by atoms with Crippen LogP contribution in [0.25, 0.3) is 11.0 Å². The van der Waals surface area contributed by atoms with Crippen LogP contribution in [-0.4, -0.2) is 56.0 Å². The summed E-state index contributed by atoms with van der Waals surface area (Å²) in [5, 5.41) is 11.8. The average molecular weight is 363 g/mol. The molecular formula is C15H17N5O6. The van der Waals surface area contributed by atoms with Gasteiger partial charge < -0.3 is 14.2 Å². The van der Waals surface area contributed by atoms with Crippen LogP contribution in [0.15, 0.2) is 4.79 Å². The van der Waals surface area contributed by atoms with Gasteiger partial charge in [0.05, 0.1) is 12.7 Å². The van der Waals surface area contributed by atoms with Gasteiger partial charge in [0.15, 0.2) is 23.0 Å². The van der Waals surface area contributed by atoms with Crippen LogP contribution in [0.2, 0.25) is 0 Å². The Morgan fingerprint density at radius 3 is 2.77 bits per heavy atom. The number of ether oxygens (including phenoxy) is 3. The number of aryl methyl sites for hydroxylation is 1. The van der Waals surface area contributed by atoms with Crippen LogP contribution in [0.3, 0.4) is 0 Å². The largest absolute Gasteiger partial charge is 0.463 e. The molecule has 3 rings (SSSR count). The predicted octanol–water partition coefficient (Wildman–Crippen LogP) is -0.429. The molecule has 26 heavy (non-hydrogen) atoms. The van der Waals surface area contributed by atoms with E-state index in [9.17, 15) is 14.4 Å². The van der Waals surface area contributed by atoms with Crippen molar-refractivity contribution >= 4 is 23.0 Å². The summed E-state index contributed by atoms with van der Waals surface area (Å²) in [6, 6.07) is 0. The maximum atomic E-state index is 12.8. The lowest BCUT2D eigenvalue weighted by molar-refractivity contribution is -0.145. The number of nitrogens with zero attached hydrogens (tertiary/aromatic N) is 5. The Labute approximate surface area is 147 Å². The van der Waals surface area contributed by atoms with Gasteiger partial charge in [0.25, 0.3) is 5.56 Å². The minimum atomic E-state index is -0.805. The lowest BCUT2D eigenvalue weighted by Crippen LogP contribution is -2.30.